The number of hydrogen-bond donors (Lipinski definition) is 3. The fourth-order valence-electron chi connectivity index (χ4n) is 2.77. The highest BCUT2D eigenvalue weighted by Crippen LogP contribution is 2.29. The van der Waals surface area contributed by atoms with Gasteiger partial charge >= 0.3 is 0 Å². The van der Waals surface area contributed by atoms with Crippen molar-refractivity contribution >= 4 is 23.4 Å². The summed E-state index contributed by atoms with van der Waals surface area (Å²) < 4.78 is 5.57. The van der Waals surface area contributed by atoms with Crippen LogP contribution in [0.1, 0.15) is 43.1 Å². The molecule has 0 saturated heterocycles. The molecular weight excluding hydrogens is 358 g/mol. The van der Waals surface area contributed by atoms with Gasteiger partial charge < -0.3 is 10.1 Å². The number of carbonyl (C=O) groups excluding carboxylic acids is 3. The van der Waals surface area contributed by atoms with Gasteiger partial charge in [0.2, 0.25) is 5.91 Å². The summed E-state index contributed by atoms with van der Waals surface area (Å²) in [4.78, 5) is 36.4. The molecular formula is C21H23N3O4. The number of fused-ring (bicyclic) bond motifs is 1. The summed E-state index contributed by atoms with van der Waals surface area (Å²) in [7, 11) is 0. The maximum absolute atomic E-state index is 12.2. The summed E-state index contributed by atoms with van der Waals surface area (Å²) in [6.07, 6.45) is -1.18. The van der Waals surface area contributed by atoms with Crippen LogP contribution in [0.25, 0.3) is 0 Å². The minimum Gasteiger partial charge on any atom is -0.478 e. The van der Waals surface area contributed by atoms with E-state index in [0.29, 0.717) is 17.0 Å². The molecule has 7 nitrogen and oxygen atoms in total. The zero-order chi connectivity index (χ0) is 20.3. The van der Waals surface area contributed by atoms with Crippen LogP contribution in [0.5, 0.6) is 5.75 Å². The van der Waals surface area contributed by atoms with E-state index in [2.05, 4.69) is 36.9 Å². The number of amides is 3. The summed E-state index contributed by atoms with van der Waals surface area (Å²) in [6, 6.07) is 14.2. The smallest absolute Gasteiger partial charge is 0.269 e. The Balaban J connectivity index is 1.53. The van der Waals surface area contributed by atoms with Crippen molar-refractivity contribution in [1.82, 2.24) is 10.9 Å². The molecule has 146 valence electrons. The highest BCUT2D eigenvalue weighted by molar-refractivity contribution is 6.00. The van der Waals surface area contributed by atoms with Gasteiger partial charge in [0.05, 0.1) is 12.1 Å². The Morgan fingerprint density at radius 3 is 2.39 bits per heavy atom. The standard InChI is InChI=1S/C21H23N3O4/c1-21(2,3)14-10-8-13(9-11-14)19(26)24-23-18(25)12-17-20(27)22-15-6-4-5-7-16(15)28-17/h4-11,17H,12H2,1-3H3,(H,22,27)(H,23,25)(H,24,26)/t17-/m1/s1. The maximum Gasteiger partial charge on any atom is 0.269 e. The molecule has 2 aromatic rings. The predicted molar refractivity (Wildman–Crippen MR) is 105 cm³/mol. The summed E-state index contributed by atoms with van der Waals surface area (Å²) in [5.74, 6) is -0.867. The fourth-order valence-corrected chi connectivity index (χ4v) is 2.77. The molecule has 0 aromatic heterocycles. The van der Waals surface area contributed by atoms with Gasteiger partial charge in [-0.2, -0.15) is 0 Å². The topological polar surface area (TPSA) is 96.5 Å². The SMILES string of the molecule is CC(C)(C)c1ccc(C(=O)NNC(=O)C[C@H]2Oc3ccccc3NC2=O)cc1. The first-order valence-corrected chi connectivity index (χ1v) is 9.00. The number of hydrazine groups is 1. The molecule has 0 fully saturated rings. The first kappa shape index (κ1) is 19.4. The van der Waals surface area contributed by atoms with Crippen molar-refractivity contribution in [2.24, 2.45) is 0 Å². The summed E-state index contributed by atoms with van der Waals surface area (Å²) in [5.41, 5.74) is 6.76. The van der Waals surface area contributed by atoms with E-state index >= 15 is 0 Å². The van der Waals surface area contributed by atoms with Gasteiger partial charge in [0, 0.05) is 5.56 Å². The molecule has 0 aliphatic carbocycles. The van der Waals surface area contributed by atoms with E-state index in [1.807, 2.05) is 12.1 Å². The lowest BCUT2D eigenvalue weighted by molar-refractivity contribution is -0.130. The van der Waals surface area contributed by atoms with Gasteiger partial charge in [0.25, 0.3) is 11.8 Å². The average Bonchev–Trinajstić information content (AvgIpc) is 2.66. The Kier molecular flexibility index (Phi) is 5.35. The van der Waals surface area contributed by atoms with Crippen molar-refractivity contribution in [3.8, 4) is 5.75 Å². The van der Waals surface area contributed by atoms with E-state index in [0.717, 1.165) is 5.56 Å². The van der Waals surface area contributed by atoms with E-state index in [1.165, 1.54) is 0 Å². The van der Waals surface area contributed by atoms with Crippen LogP contribution >= 0.6 is 0 Å². The first-order valence-electron chi connectivity index (χ1n) is 9.00. The van der Waals surface area contributed by atoms with Crippen molar-refractivity contribution in [3.63, 3.8) is 0 Å². The van der Waals surface area contributed by atoms with E-state index in [9.17, 15) is 14.4 Å². The molecule has 1 heterocycles. The van der Waals surface area contributed by atoms with Crippen LogP contribution in [0.2, 0.25) is 0 Å². The number of ether oxygens (including phenoxy) is 1. The van der Waals surface area contributed by atoms with Gasteiger partial charge in [-0.15, -0.1) is 0 Å². The molecule has 1 aliphatic rings. The van der Waals surface area contributed by atoms with Crippen LogP contribution in [-0.2, 0) is 15.0 Å². The molecule has 1 atom stereocenters. The second kappa shape index (κ2) is 7.72. The number of carbonyl (C=O) groups is 3. The number of anilines is 1. The van der Waals surface area contributed by atoms with E-state index in [4.69, 9.17) is 4.74 Å². The molecule has 3 N–H and O–H groups in total. The van der Waals surface area contributed by atoms with E-state index in [1.54, 1.807) is 36.4 Å². The Morgan fingerprint density at radius 2 is 1.71 bits per heavy atom. The zero-order valence-corrected chi connectivity index (χ0v) is 16.0. The zero-order valence-electron chi connectivity index (χ0n) is 16.0. The third-order valence-corrected chi connectivity index (χ3v) is 4.41. The second-order valence-electron chi connectivity index (χ2n) is 7.63. The van der Waals surface area contributed by atoms with E-state index in [-0.39, 0.29) is 11.8 Å². The maximum atomic E-state index is 12.2. The quantitative estimate of drug-likeness (QED) is 0.712. The molecule has 0 unspecified atom stereocenters. The van der Waals surface area contributed by atoms with Crippen molar-refractivity contribution < 1.29 is 19.1 Å². The molecule has 3 rings (SSSR count). The van der Waals surface area contributed by atoms with Gasteiger partial charge in [-0.1, -0.05) is 45.0 Å². The normalized spacial score (nSPS) is 15.7. The van der Waals surface area contributed by atoms with Gasteiger partial charge in [-0.25, -0.2) is 0 Å². The average molecular weight is 381 g/mol. The molecule has 0 bridgehead atoms. The van der Waals surface area contributed by atoms with Crippen LogP contribution in [0, 0.1) is 0 Å². The van der Waals surface area contributed by atoms with E-state index < -0.39 is 23.8 Å². The highest BCUT2D eigenvalue weighted by Gasteiger charge is 2.29. The molecule has 0 saturated carbocycles. The van der Waals surface area contributed by atoms with Gasteiger partial charge in [0.1, 0.15) is 5.75 Å². The third kappa shape index (κ3) is 4.49. The fraction of sp³-hybridized carbons (Fsp3) is 0.286. The van der Waals surface area contributed by atoms with Crippen molar-refractivity contribution in [2.45, 2.75) is 38.7 Å². The Labute approximate surface area is 163 Å². The van der Waals surface area contributed by atoms with Gasteiger partial charge in [0.15, 0.2) is 6.10 Å². The third-order valence-electron chi connectivity index (χ3n) is 4.41. The number of nitrogens with one attached hydrogen (secondary N) is 3. The Bertz CT molecular complexity index is 901. The lowest BCUT2D eigenvalue weighted by Crippen LogP contribution is -2.46. The number of para-hydroxylation sites is 2. The van der Waals surface area contributed by atoms with Gasteiger partial charge in [-0.05, 0) is 35.2 Å². The molecule has 3 amide bonds. The summed E-state index contributed by atoms with van der Waals surface area (Å²) in [6.45, 7) is 6.26. The highest BCUT2D eigenvalue weighted by atomic mass is 16.5. The molecule has 28 heavy (non-hydrogen) atoms. The first-order chi connectivity index (χ1) is 13.2. The van der Waals surface area contributed by atoms with Crippen LogP contribution in [0.3, 0.4) is 0 Å². The molecule has 1 aliphatic heterocycles. The summed E-state index contributed by atoms with van der Waals surface area (Å²) >= 11 is 0. The lowest BCUT2D eigenvalue weighted by atomic mass is 9.87. The predicted octanol–water partition coefficient (Wildman–Crippen LogP) is 2.53. The monoisotopic (exact) mass is 381 g/mol. The molecule has 2 aromatic carbocycles. The molecule has 0 radical (unpaired) electrons. The number of benzene rings is 2. The van der Waals surface area contributed by atoms with Gasteiger partial charge in [-0.3, -0.25) is 25.2 Å². The Morgan fingerprint density at radius 1 is 1.04 bits per heavy atom. The second-order valence-corrected chi connectivity index (χ2v) is 7.63. The number of rotatable bonds is 3. The lowest BCUT2D eigenvalue weighted by Gasteiger charge is -2.25. The minimum atomic E-state index is -0.960. The minimum absolute atomic E-state index is 0.0115. The summed E-state index contributed by atoms with van der Waals surface area (Å²) in [5, 5.41) is 2.69. The van der Waals surface area contributed by atoms with Crippen molar-refractivity contribution in [1.29, 1.82) is 0 Å². The molecule has 0 spiro atoms. The van der Waals surface area contributed by atoms with Crippen LogP contribution in [0.15, 0.2) is 48.5 Å². The van der Waals surface area contributed by atoms with Crippen molar-refractivity contribution in [2.75, 3.05) is 5.32 Å². The largest absolute Gasteiger partial charge is 0.478 e. The van der Waals surface area contributed by atoms with Crippen LogP contribution in [0.4, 0.5) is 5.69 Å². The van der Waals surface area contributed by atoms with Crippen LogP contribution in [-0.4, -0.2) is 23.8 Å². The van der Waals surface area contributed by atoms with Crippen molar-refractivity contribution in [3.05, 3.63) is 59.7 Å². The molecule has 7 heteroatoms. The Hall–Kier alpha value is -3.35. The van der Waals surface area contributed by atoms with Crippen LogP contribution < -0.4 is 20.9 Å². The number of hydrogen-bond acceptors (Lipinski definition) is 4.